The molecule has 0 aliphatic rings. The van der Waals surface area contributed by atoms with Gasteiger partial charge in [0.25, 0.3) is 0 Å². The SMILES string of the molecule is CCCCNC(C)C=CC(=O)OCC. The van der Waals surface area contributed by atoms with E-state index in [0.717, 1.165) is 13.0 Å². The molecule has 0 spiro atoms. The van der Waals surface area contributed by atoms with Gasteiger partial charge in [0.2, 0.25) is 0 Å². The number of unbranched alkanes of at least 4 members (excludes halogenated alkanes) is 1. The monoisotopic (exact) mass is 199 g/mol. The molecule has 1 unspecified atom stereocenters. The van der Waals surface area contributed by atoms with Crippen molar-refractivity contribution in [1.82, 2.24) is 5.32 Å². The second-order valence-electron chi connectivity index (χ2n) is 3.21. The second-order valence-corrected chi connectivity index (χ2v) is 3.21. The first-order chi connectivity index (χ1) is 6.70. The van der Waals surface area contributed by atoms with E-state index in [-0.39, 0.29) is 12.0 Å². The molecule has 0 aromatic carbocycles. The van der Waals surface area contributed by atoms with Crippen molar-refractivity contribution in [3.8, 4) is 0 Å². The average Bonchev–Trinajstić information content (AvgIpc) is 2.16. The fourth-order valence-electron chi connectivity index (χ4n) is 0.988. The molecule has 0 saturated heterocycles. The number of nitrogens with one attached hydrogen (secondary N) is 1. The molecule has 3 heteroatoms. The summed E-state index contributed by atoms with van der Waals surface area (Å²) in [5.41, 5.74) is 0. The van der Waals surface area contributed by atoms with Gasteiger partial charge in [-0.05, 0) is 26.8 Å². The van der Waals surface area contributed by atoms with Crippen molar-refractivity contribution in [2.75, 3.05) is 13.2 Å². The summed E-state index contributed by atoms with van der Waals surface area (Å²) in [4.78, 5) is 10.9. The van der Waals surface area contributed by atoms with E-state index >= 15 is 0 Å². The molecule has 82 valence electrons. The van der Waals surface area contributed by atoms with Gasteiger partial charge in [-0.25, -0.2) is 4.79 Å². The molecule has 0 bridgehead atoms. The van der Waals surface area contributed by atoms with Crippen LogP contribution in [0.4, 0.5) is 0 Å². The highest BCUT2D eigenvalue weighted by atomic mass is 16.5. The van der Waals surface area contributed by atoms with Crippen LogP contribution in [-0.4, -0.2) is 25.2 Å². The molecule has 0 aliphatic heterocycles. The Balaban J connectivity index is 3.58. The Morgan fingerprint density at radius 3 is 2.79 bits per heavy atom. The van der Waals surface area contributed by atoms with E-state index in [4.69, 9.17) is 4.74 Å². The van der Waals surface area contributed by atoms with Gasteiger partial charge in [0.1, 0.15) is 0 Å². The maximum Gasteiger partial charge on any atom is 0.330 e. The van der Waals surface area contributed by atoms with Gasteiger partial charge in [-0.2, -0.15) is 0 Å². The van der Waals surface area contributed by atoms with Crippen molar-refractivity contribution >= 4 is 5.97 Å². The fourth-order valence-corrected chi connectivity index (χ4v) is 0.988. The number of esters is 1. The molecular weight excluding hydrogens is 178 g/mol. The number of carbonyl (C=O) groups excluding carboxylic acids is 1. The lowest BCUT2D eigenvalue weighted by Crippen LogP contribution is -2.25. The molecule has 0 saturated carbocycles. The Bertz CT molecular complexity index is 178. The van der Waals surface area contributed by atoms with Crippen molar-refractivity contribution < 1.29 is 9.53 Å². The number of hydrogen-bond acceptors (Lipinski definition) is 3. The summed E-state index contributed by atoms with van der Waals surface area (Å²) in [5, 5.41) is 3.29. The van der Waals surface area contributed by atoms with Gasteiger partial charge in [-0.3, -0.25) is 0 Å². The van der Waals surface area contributed by atoms with Gasteiger partial charge in [-0.15, -0.1) is 0 Å². The molecule has 1 atom stereocenters. The van der Waals surface area contributed by atoms with Crippen LogP contribution in [-0.2, 0) is 9.53 Å². The highest BCUT2D eigenvalue weighted by Crippen LogP contribution is 1.89. The van der Waals surface area contributed by atoms with Gasteiger partial charge in [0.15, 0.2) is 0 Å². The standard InChI is InChI=1S/C11H21NO2/c1-4-6-9-12-10(3)7-8-11(13)14-5-2/h7-8,10,12H,4-6,9H2,1-3H3. The molecule has 3 nitrogen and oxygen atoms in total. The summed E-state index contributed by atoms with van der Waals surface area (Å²) in [6.45, 7) is 7.40. The zero-order valence-electron chi connectivity index (χ0n) is 9.38. The predicted octanol–water partition coefficient (Wildman–Crippen LogP) is 1.88. The Morgan fingerprint density at radius 1 is 1.50 bits per heavy atom. The highest BCUT2D eigenvalue weighted by molar-refractivity contribution is 5.81. The van der Waals surface area contributed by atoms with Crippen LogP contribution in [0.25, 0.3) is 0 Å². The molecule has 0 aromatic heterocycles. The predicted molar refractivity (Wildman–Crippen MR) is 58.1 cm³/mol. The van der Waals surface area contributed by atoms with Crippen LogP contribution in [0.5, 0.6) is 0 Å². The highest BCUT2D eigenvalue weighted by Gasteiger charge is 1.97. The Kier molecular flexibility index (Phi) is 8.24. The topological polar surface area (TPSA) is 38.3 Å². The third-order valence-electron chi connectivity index (χ3n) is 1.80. The first-order valence-corrected chi connectivity index (χ1v) is 5.29. The summed E-state index contributed by atoms with van der Waals surface area (Å²) < 4.78 is 4.76. The van der Waals surface area contributed by atoms with Crippen LogP contribution in [0.2, 0.25) is 0 Å². The molecule has 14 heavy (non-hydrogen) atoms. The largest absolute Gasteiger partial charge is 0.463 e. The molecule has 1 N–H and O–H groups in total. The van der Waals surface area contributed by atoms with Crippen LogP contribution in [0, 0.1) is 0 Å². The number of ether oxygens (including phenoxy) is 1. The van der Waals surface area contributed by atoms with Crippen molar-refractivity contribution in [3.63, 3.8) is 0 Å². The van der Waals surface area contributed by atoms with E-state index in [2.05, 4.69) is 12.2 Å². The minimum atomic E-state index is -0.267. The minimum Gasteiger partial charge on any atom is -0.463 e. The van der Waals surface area contributed by atoms with E-state index < -0.39 is 0 Å². The Morgan fingerprint density at radius 2 is 2.21 bits per heavy atom. The molecule has 0 rings (SSSR count). The van der Waals surface area contributed by atoms with E-state index in [1.54, 1.807) is 6.92 Å². The average molecular weight is 199 g/mol. The normalized spacial score (nSPS) is 13.1. The molecule has 0 heterocycles. The fraction of sp³-hybridized carbons (Fsp3) is 0.727. The third-order valence-corrected chi connectivity index (χ3v) is 1.80. The molecule has 0 aromatic rings. The van der Waals surface area contributed by atoms with E-state index in [9.17, 15) is 4.79 Å². The quantitative estimate of drug-likeness (QED) is 0.386. The summed E-state index contributed by atoms with van der Waals surface area (Å²) in [5.74, 6) is -0.267. The lowest BCUT2D eigenvalue weighted by molar-refractivity contribution is -0.137. The molecule has 0 fully saturated rings. The number of hydrogen-bond donors (Lipinski definition) is 1. The number of rotatable bonds is 7. The maximum absolute atomic E-state index is 10.9. The maximum atomic E-state index is 10.9. The van der Waals surface area contributed by atoms with Crippen molar-refractivity contribution in [1.29, 1.82) is 0 Å². The van der Waals surface area contributed by atoms with E-state index in [1.807, 2.05) is 13.0 Å². The van der Waals surface area contributed by atoms with Crippen molar-refractivity contribution in [2.45, 2.75) is 39.7 Å². The summed E-state index contributed by atoms with van der Waals surface area (Å²) in [7, 11) is 0. The van der Waals surface area contributed by atoms with Gasteiger partial charge >= 0.3 is 5.97 Å². The first-order valence-electron chi connectivity index (χ1n) is 5.29. The van der Waals surface area contributed by atoms with Gasteiger partial charge in [-0.1, -0.05) is 19.4 Å². The van der Waals surface area contributed by atoms with Gasteiger partial charge in [0, 0.05) is 12.1 Å². The van der Waals surface area contributed by atoms with Crippen LogP contribution < -0.4 is 5.32 Å². The van der Waals surface area contributed by atoms with Crippen molar-refractivity contribution in [2.24, 2.45) is 0 Å². The molecule has 0 radical (unpaired) electrons. The second kappa shape index (κ2) is 8.75. The van der Waals surface area contributed by atoms with Crippen LogP contribution >= 0.6 is 0 Å². The lowest BCUT2D eigenvalue weighted by atomic mass is 10.2. The zero-order valence-corrected chi connectivity index (χ0v) is 9.38. The van der Waals surface area contributed by atoms with E-state index in [1.165, 1.54) is 12.5 Å². The smallest absolute Gasteiger partial charge is 0.330 e. The van der Waals surface area contributed by atoms with Crippen LogP contribution in [0.15, 0.2) is 12.2 Å². The van der Waals surface area contributed by atoms with Gasteiger partial charge < -0.3 is 10.1 Å². The summed E-state index contributed by atoms with van der Waals surface area (Å²) >= 11 is 0. The van der Waals surface area contributed by atoms with Gasteiger partial charge in [0.05, 0.1) is 6.61 Å². The Hall–Kier alpha value is -0.830. The van der Waals surface area contributed by atoms with E-state index in [0.29, 0.717) is 6.61 Å². The number of carbonyl (C=O) groups is 1. The molecule has 0 aliphatic carbocycles. The molecular formula is C11H21NO2. The summed E-state index contributed by atoms with van der Waals surface area (Å²) in [6.07, 6.45) is 5.65. The summed E-state index contributed by atoms with van der Waals surface area (Å²) in [6, 6.07) is 0.228. The Labute approximate surface area is 86.5 Å². The molecule has 0 amide bonds. The minimum absolute atomic E-state index is 0.228. The van der Waals surface area contributed by atoms with Crippen molar-refractivity contribution in [3.05, 3.63) is 12.2 Å². The van der Waals surface area contributed by atoms with Crippen LogP contribution in [0.1, 0.15) is 33.6 Å². The third kappa shape index (κ3) is 7.80. The zero-order chi connectivity index (χ0) is 10.8. The first kappa shape index (κ1) is 13.2. The van der Waals surface area contributed by atoms with Crippen LogP contribution in [0.3, 0.4) is 0 Å². The lowest BCUT2D eigenvalue weighted by Gasteiger charge is -2.07.